The third kappa shape index (κ3) is 6.08. The van der Waals surface area contributed by atoms with Gasteiger partial charge in [-0.2, -0.15) is 0 Å². The van der Waals surface area contributed by atoms with Crippen LogP contribution in [0.2, 0.25) is 0 Å². The molecule has 0 saturated heterocycles. The number of hydrogen-bond acceptors (Lipinski definition) is 2. The molecule has 0 spiro atoms. The molecule has 0 heterocycles. The van der Waals surface area contributed by atoms with Gasteiger partial charge in [-0.1, -0.05) is 55.7 Å². The molecule has 0 amide bonds. The fraction of sp³-hybridized carbons (Fsp3) is 0.652. The maximum atomic E-state index is 11.5. The van der Waals surface area contributed by atoms with Gasteiger partial charge in [0, 0.05) is 0 Å². The molecule has 0 radical (unpaired) electrons. The van der Waals surface area contributed by atoms with Gasteiger partial charge in [0.15, 0.2) is 0 Å². The zero-order chi connectivity index (χ0) is 19.6. The smallest absolute Gasteiger partial charge is 0.313 e. The molecule has 2 aliphatic carbocycles. The molecule has 0 aromatic heterocycles. The number of carbonyl (C=O) groups is 2. The predicted octanol–water partition coefficient (Wildman–Crippen LogP) is 5.90. The van der Waals surface area contributed by atoms with E-state index in [2.05, 4.69) is 12.2 Å². The summed E-state index contributed by atoms with van der Waals surface area (Å²) in [4.78, 5) is 22.9. The van der Waals surface area contributed by atoms with Crippen LogP contribution in [0, 0.1) is 10.8 Å². The van der Waals surface area contributed by atoms with Crippen molar-refractivity contribution >= 4 is 11.9 Å². The second-order valence-electron chi connectivity index (χ2n) is 8.12. The standard InChI is InChI=1S/C23H34O4/c24-20(25)22(16-10-11-17-22)14-8-6-4-2-1-3-5-7-9-15-23(21(26)27)18-12-13-19-23/h1-2,10,12,16,18H,3-9,11,13-15,17,19H2,(H,24,25)(H,26,27)/b2-1-. The molecule has 0 saturated carbocycles. The molecule has 0 aliphatic heterocycles. The van der Waals surface area contributed by atoms with Crippen molar-refractivity contribution in [1.29, 1.82) is 0 Å². The Balaban J connectivity index is 1.50. The summed E-state index contributed by atoms with van der Waals surface area (Å²) in [6.45, 7) is 0. The number of rotatable bonds is 13. The van der Waals surface area contributed by atoms with Gasteiger partial charge in [-0.25, -0.2) is 0 Å². The zero-order valence-electron chi connectivity index (χ0n) is 16.4. The van der Waals surface area contributed by atoms with Crippen molar-refractivity contribution in [2.75, 3.05) is 0 Å². The Morgan fingerprint density at radius 3 is 1.59 bits per heavy atom. The van der Waals surface area contributed by atoms with Crippen LogP contribution >= 0.6 is 0 Å². The Morgan fingerprint density at radius 1 is 0.741 bits per heavy atom. The number of carboxylic acid groups (broad SMARTS) is 2. The number of unbranched alkanes of at least 4 members (excludes halogenated alkanes) is 5. The topological polar surface area (TPSA) is 74.6 Å². The largest absolute Gasteiger partial charge is 0.481 e. The minimum absolute atomic E-state index is 0.600. The van der Waals surface area contributed by atoms with Gasteiger partial charge >= 0.3 is 11.9 Å². The third-order valence-corrected chi connectivity index (χ3v) is 6.14. The van der Waals surface area contributed by atoms with Crippen molar-refractivity contribution in [3.8, 4) is 0 Å². The lowest BCUT2D eigenvalue weighted by molar-refractivity contribution is -0.147. The fourth-order valence-electron chi connectivity index (χ4n) is 4.27. The van der Waals surface area contributed by atoms with Gasteiger partial charge in [0.05, 0.1) is 10.8 Å². The lowest BCUT2D eigenvalue weighted by atomic mass is 9.82. The van der Waals surface area contributed by atoms with Gasteiger partial charge < -0.3 is 10.2 Å². The molecule has 2 N–H and O–H groups in total. The molecule has 2 aliphatic rings. The Hall–Kier alpha value is -1.84. The summed E-state index contributed by atoms with van der Waals surface area (Å²) in [5, 5.41) is 18.8. The van der Waals surface area contributed by atoms with Crippen LogP contribution in [0.5, 0.6) is 0 Å². The zero-order valence-corrected chi connectivity index (χ0v) is 16.4. The van der Waals surface area contributed by atoms with Crippen LogP contribution in [0.4, 0.5) is 0 Å². The van der Waals surface area contributed by atoms with E-state index in [1.54, 1.807) is 0 Å². The minimum atomic E-state index is -0.676. The lowest BCUT2D eigenvalue weighted by Crippen LogP contribution is -2.26. The third-order valence-electron chi connectivity index (χ3n) is 6.14. The van der Waals surface area contributed by atoms with E-state index in [1.165, 1.54) is 0 Å². The minimum Gasteiger partial charge on any atom is -0.481 e. The van der Waals surface area contributed by atoms with E-state index in [1.807, 2.05) is 24.3 Å². The second kappa shape index (κ2) is 10.5. The van der Waals surface area contributed by atoms with E-state index in [-0.39, 0.29) is 0 Å². The van der Waals surface area contributed by atoms with Crippen molar-refractivity contribution in [3.63, 3.8) is 0 Å². The molecule has 4 nitrogen and oxygen atoms in total. The molecule has 0 bridgehead atoms. The Bertz CT molecular complexity index is 589. The summed E-state index contributed by atoms with van der Waals surface area (Å²) in [5.41, 5.74) is -1.21. The highest BCUT2D eigenvalue weighted by atomic mass is 16.4. The van der Waals surface area contributed by atoms with E-state index < -0.39 is 22.8 Å². The molecule has 4 heteroatoms. The van der Waals surface area contributed by atoms with Gasteiger partial charge in [0.2, 0.25) is 0 Å². The van der Waals surface area contributed by atoms with Gasteiger partial charge in [-0.05, 0) is 64.2 Å². The SMILES string of the molecule is O=C(O)C1(CCCC/C=C\CCCCCC2(C(=O)O)C=CCC2)C=CCC1. The van der Waals surface area contributed by atoms with Crippen LogP contribution < -0.4 is 0 Å². The summed E-state index contributed by atoms with van der Waals surface area (Å²) >= 11 is 0. The number of hydrogen-bond donors (Lipinski definition) is 2. The van der Waals surface area contributed by atoms with Crippen molar-refractivity contribution in [2.45, 2.75) is 83.5 Å². The van der Waals surface area contributed by atoms with E-state index in [4.69, 9.17) is 0 Å². The summed E-state index contributed by atoms with van der Waals surface area (Å²) in [5.74, 6) is -1.35. The quantitative estimate of drug-likeness (QED) is 0.311. The fourth-order valence-corrected chi connectivity index (χ4v) is 4.27. The molecule has 2 unspecified atom stereocenters. The maximum absolute atomic E-state index is 11.5. The number of carboxylic acids is 2. The van der Waals surface area contributed by atoms with Crippen LogP contribution in [-0.4, -0.2) is 22.2 Å². The van der Waals surface area contributed by atoms with Crippen LogP contribution in [0.1, 0.15) is 83.5 Å². The first-order valence-corrected chi connectivity index (χ1v) is 10.5. The van der Waals surface area contributed by atoms with Crippen LogP contribution in [0.3, 0.4) is 0 Å². The predicted molar refractivity (Wildman–Crippen MR) is 108 cm³/mol. The number of allylic oxidation sites excluding steroid dienone is 4. The highest BCUT2D eigenvalue weighted by molar-refractivity contribution is 5.78. The van der Waals surface area contributed by atoms with E-state index in [0.717, 1.165) is 83.5 Å². The lowest BCUT2D eigenvalue weighted by Gasteiger charge is -2.21. The second-order valence-corrected chi connectivity index (χ2v) is 8.12. The van der Waals surface area contributed by atoms with E-state index >= 15 is 0 Å². The molecule has 0 aromatic carbocycles. The molecule has 2 rings (SSSR count). The van der Waals surface area contributed by atoms with Crippen molar-refractivity contribution in [1.82, 2.24) is 0 Å². The maximum Gasteiger partial charge on any atom is 0.313 e. The number of aliphatic carboxylic acids is 2. The van der Waals surface area contributed by atoms with Gasteiger partial charge in [-0.15, -0.1) is 0 Å². The van der Waals surface area contributed by atoms with Gasteiger partial charge in [0.25, 0.3) is 0 Å². The summed E-state index contributed by atoms with van der Waals surface area (Å²) in [6.07, 6.45) is 24.1. The first-order chi connectivity index (χ1) is 13.0. The molecule has 0 fully saturated rings. The van der Waals surface area contributed by atoms with Gasteiger partial charge in [0.1, 0.15) is 0 Å². The summed E-state index contributed by atoms with van der Waals surface area (Å²) in [7, 11) is 0. The molecule has 2 atom stereocenters. The molecule has 150 valence electrons. The molecule has 27 heavy (non-hydrogen) atoms. The summed E-state index contributed by atoms with van der Waals surface area (Å²) in [6, 6.07) is 0. The van der Waals surface area contributed by atoms with Gasteiger partial charge in [-0.3, -0.25) is 9.59 Å². The van der Waals surface area contributed by atoms with Crippen LogP contribution in [-0.2, 0) is 9.59 Å². The van der Waals surface area contributed by atoms with Crippen molar-refractivity contribution < 1.29 is 19.8 Å². The van der Waals surface area contributed by atoms with Crippen molar-refractivity contribution in [3.05, 3.63) is 36.5 Å². The highest BCUT2D eigenvalue weighted by Crippen LogP contribution is 2.38. The average Bonchev–Trinajstić information content (AvgIpc) is 3.30. The Labute approximate surface area is 163 Å². The Morgan fingerprint density at radius 2 is 1.19 bits per heavy atom. The van der Waals surface area contributed by atoms with Crippen LogP contribution in [0.25, 0.3) is 0 Å². The molecular formula is C23H34O4. The first-order valence-electron chi connectivity index (χ1n) is 10.5. The van der Waals surface area contributed by atoms with E-state index in [9.17, 15) is 19.8 Å². The molecule has 0 aromatic rings. The Kier molecular flexibility index (Phi) is 8.33. The highest BCUT2D eigenvalue weighted by Gasteiger charge is 2.37. The van der Waals surface area contributed by atoms with E-state index in [0.29, 0.717) is 0 Å². The summed E-state index contributed by atoms with van der Waals surface area (Å²) < 4.78 is 0. The normalized spacial score (nSPS) is 27.0. The first kappa shape index (κ1) is 21.5. The average molecular weight is 375 g/mol. The molecular weight excluding hydrogens is 340 g/mol. The monoisotopic (exact) mass is 374 g/mol. The van der Waals surface area contributed by atoms with Crippen molar-refractivity contribution in [2.24, 2.45) is 10.8 Å². The van der Waals surface area contributed by atoms with Crippen LogP contribution in [0.15, 0.2) is 36.5 Å².